The highest BCUT2D eigenvalue weighted by Crippen LogP contribution is 2.34. The van der Waals surface area contributed by atoms with Gasteiger partial charge >= 0.3 is 0 Å². The van der Waals surface area contributed by atoms with Crippen molar-refractivity contribution in [3.63, 3.8) is 0 Å². The average Bonchev–Trinajstić information content (AvgIpc) is 3.14. The molecule has 5 nitrogen and oxygen atoms in total. The zero-order valence-electron chi connectivity index (χ0n) is 12.9. The van der Waals surface area contributed by atoms with Crippen LogP contribution in [0, 0.1) is 5.82 Å². The Morgan fingerprint density at radius 1 is 1.45 bits per heavy atom. The second-order valence-corrected chi connectivity index (χ2v) is 5.76. The Morgan fingerprint density at radius 3 is 2.91 bits per heavy atom. The van der Waals surface area contributed by atoms with Gasteiger partial charge in [-0.3, -0.25) is 4.99 Å². The Bertz CT molecular complexity index is 564. The number of aliphatic imine (C=N–C) groups is 1. The molecule has 0 spiro atoms. The molecule has 1 aromatic rings. The van der Waals surface area contributed by atoms with Crippen molar-refractivity contribution >= 4 is 5.96 Å². The van der Waals surface area contributed by atoms with Crippen molar-refractivity contribution in [2.75, 3.05) is 14.2 Å². The maximum atomic E-state index is 13.7. The highest BCUT2D eigenvalue weighted by Gasteiger charge is 2.41. The van der Waals surface area contributed by atoms with Crippen LogP contribution in [-0.2, 0) is 11.3 Å². The summed E-state index contributed by atoms with van der Waals surface area (Å²) < 4.78 is 24.4. The van der Waals surface area contributed by atoms with Crippen LogP contribution in [0.1, 0.15) is 24.8 Å². The number of guanidine groups is 1. The number of nitrogens with zero attached hydrogens (tertiary/aromatic N) is 1. The summed E-state index contributed by atoms with van der Waals surface area (Å²) in [6.45, 7) is 0.502. The van der Waals surface area contributed by atoms with Crippen LogP contribution in [0.2, 0.25) is 0 Å². The van der Waals surface area contributed by atoms with Crippen LogP contribution in [0.15, 0.2) is 23.2 Å². The molecule has 3 rings (SSSR count). The molecule has 0 aromatic heterocycles. The van der Waals surface area contributed by atoms with Gasteiger partial charge in [-0.15, -0.1) is 0 Å². The second kappa shape index (κ2) is 6.52. The molecule has 120 valence electrons. The molecule has 1 aromatic carbocycles. The molecule has 2 aliphatic heterocycles. The summed E-state index contributed by atoms with van der Waals surface area (Å²) in [5.41, 5.74) is 0.838. The van der Waals surface area contributed by atoms with E-state index in [9.17, 15) is 4.39 Å². The van der Waals surface area contributed by atoms with Crippen LogP contribution < -0.4 is 15.4 Å². The lowest BCUT2D eigenvalue weighted by Crippen LogP contribution is -2.47. The number of nitrogens with one attached hydrogen (secondary N) is 2. The summed E-state index contributed by atoms with van der Waals surface area (Å²) in [5, 5.41) is 6.61. The van der Waals surface area contributed by atoms with Gasteiger partial charge in [-0.1, -0.05) is 6.07 Å². The van der Waals surface area contributed by atoms with Gasteiger partial charge in [0.25, 0.3) is 0 Å². The van der Waals surface area contributed by atoms with Gasteiger partial charge in [-0.25, -0.2) is 4.39 Å². The van der Waals surface area contributed by atoms with Gasteiger partial charge in [0.2, 0.25) is 0 Å². The molecule has 0 radical (unpaired) electrons. The standard InChI is InChI=1S/C16H22FN3O2/c1-18-16(20-13-8-11-4-6-15(13)22-11)19-9-10-3-5-14(21-2)12(17)7-10/h3,5,7,11,13,15H,4,6,8-9H2,1-2H3,(H2,18,19,20). The summed E-state index contributed by atoms with van der Waals surface area (Å²) in [6, 6.07) is 5.26. The van der Waals surface area contributed by atoms with Gasteiger partial charge in [0.1, 0.15) is 0 Å². The number of rotatable bonds is 4. The number of methoxy groups -OCH3 is 1. The molecule has 6 heteroatoms. The van der Waals surface area contributed by atoms with Crippen molar-refractivity contribution in [2.45, 2.75) is 44.1 Å². The molecule has 3 atom stereocenters. The lowest BCUT2D eigenvalue weighted by molar-refractivity contribution is 0.0992. The molecule has 2 heterocycles. The Balaban J connectivity index is 1.54. The zero-order valence-corrected chi connectivity index (χ0v) is 12.9. The molecule has 22 heavy (non-hydrogen) atoms. The summed E-state index contributed by atoms with van der Waals surface area (Å²) in [6.07, 6.45) is 4.00. The predicted octanol–water partition coefficient (Wildman–Crippen LogP) is 1.82. The summed E-state index contributed by atoms with van der Waals surface area (Å²) in [4.78, 5) is 4.23. The van der Waals surface area contributed by atoms with Crippen molar-refractivity contribution in [1.82, 2.24) is 10.6 Å². The Hall–Kier alpha value is -1.82. The van der Waals surface area contributed by atoms with E-state index in [1.165, 1.54) is 19.6 Å². The van der Waals surface area contributed by atoms with Gasteiger partial charge in [0, 0.05) is 13.6 Å². The van der Waals surface area contributed by atoms with Gasteiger partial charge in [-0.05, 0) is 37.0 Å². The molecule has 2 fully saturated rings. The second-order valence-electron chi connectivity index (χ2n) is 5.76. The largest absolute Gasteiger partial charge is 0.494 e. The normalized spacial score (nSPS) is 27.0. The maximum Gasteiger partial charge on any atom is 0.191 e. The number of hydrogen-bond donors (Lipinski definition) is 2. The Labute approximate surface area is 129 Å². The number of halogens is 1. The molecule has 0 aliphatic carbocycles. The van der Waals surface area contributed by atoms with E-state index in [-0.39, 0.29) is 11.6 Å². The first kappa shape index (κ1) is 15.1. The lowest BCUT2D eigenvalue weighted by atomic mass is 9.96. The SMILES string of the molecule is CN=C(NCc1ccc(OC)c(F)c1)NC1CC2CCC1O2. The van der Waals surface area contributed by atoms with E-state index in [0.717, 1.165) is 24.4 Å². The first-order chi connectivity index (χ1) is 10.7. The Kier molecular flexibility index (Phi) is 4.47. The van der Waals surface area contributed by atoms with Crippen molar-refractivity contribution in [2.24, 2.45) is 4.99 Å². The fourth-order valence-corrected chi connectivity index (χ4v) is 3.17. The molecule has 2 bridgehead atoms. The minimum absolute atomic E-state index is 0.255. The fraction of sp³-hybridized carbons (Fsp3) is 0.562. The highest BCUT2D eigenvalue weighted by molar-refractivity contribution is 5.80. The molecular weight excluding hydrogens is 285 g/mol. The summed E-state index contributed by atoms with van der Waals surface area (Å²) in [7, 11) is 3.19. The van der Waals surface area contributed by atoms with Crippen LogP contribution >= 0.6 is 0 Å². The average molecular weight is 307 g/mol. The topological polar surface area (TPSA) is 54.9 Å². The quantitative estimate of drug-likeness (QED) is 0.658. The van der Waals surface area contributed by atoms with E-state index in [1.54, 1.807) is 13.1 Å². The van der Waals surface area contributed by atoms with E-state index >= 15 is 0 Å². The van der Waals surface area contributed by atoms with Gasteiger partial charge < -0.3 is 20.1 Å². The predicted molar refractivity (Wildman–Crippen MR) is 82.6 cm³/mol. The number of ether oxygens (including phenoxy) is 2. The van der Waals surface area contributed by atoms with Gasteiger partial charge in [-0.2, -0.15) is 0 Å². The Morgan fingerprint density at radius 2 is 2.32 bits per heavy atom. The molecule has 2 saturated heterocycles. The molecule has 0 amide bonds. The number of benzene rings is 1. The zero-order chi connectivity index (χ0) is 15.5. The van der Waals surface area contributed by atoms with Gasteiger partial charge in [0.05, 0.1) is 25.4 Å². The number of fused-ring (bicyclic) bond motifs is 2. The summed E-state index contributed by atoms with van der Waals surface area (Å²) >= 11 is 0. The van der Waals surface area contributed by atoms with Gasteiger partial charge in [0.15, 0.2) is 17.5 Å². The van der Waals surface area contributed by atoms with Crippen molar-refractivity contribution in [3.8, 4) is 5.75 Å². The molecule has 2 N–H and O–H groups in total. The van der Waals surface area contributed by atoms with Crippen LogP contribution in [-0.4, -0.2) is 38.4 Å². The third kappa shape index (κ3) is 3.16. The first-order valence-electron chi connectivity index (χ1n) is 7.64. The van der Waals surface area contributed by atoms with Crippen molar-refractivity contribution < 1.29 is 13.9 Å². The van der Waals surface area contributed by atoms with E-state index in [0.29, 0.717) is 24.8 Å². The van der Waals surface area contributed by atoms with E-state index in [2.05, 4.69) is 15.6 Å². The third-order valence-electron chi connectivity index (χ3n) is 4.33. The fourth-order valence-electron chi connectivity index (χ4n) is 3.17. The van der Waals surface area contributed by atoms with Crippen LogP contribution in [0.3, 0.4) is 0 Å². The molecule has 3 unspecified atom stereocenters. The maximum absolute atomic E-state index is 13.7. The minimum Gasteiger partial charge on any atom is -0.494 e. The van der Waals surface area contributed by atoms with E-state index in [4.69, 9.17) is 9.47 Å². The van der Waals surface area contributed by atoms with Crippen molar-refractivity contribution in [1.29, 1.82) is 0 Å². The molecule has 0 saturated carbocycles. The number of hydrogen-bond acceptors (Lipinski definition) is 3. The van der Waals surface area contributed by atoms with Crippen LogP contribution in [0.25, 0.3) is 0 Å². The van der Waals surface area contributed by atoms with Crippen molar-refractivity contribution in [3.05, 3.63) is 29.6 Å². The third-order valence-corrected chi connectivity index (χ3v) is 4.33. The smallest absolute Gasteiger partial charge is 0.191 e. The lowest BCUT2D eigenvalue weighted by Gasteiger charge is -2.22. The highest BCUT2D eigenvalue weighted by atomic mass is 19.1. The summed E-state index contributed by atoms with van der Waals surface area (Å²) in [5.74, 6) is 0.619. The molecular formula is C16H22FN3O2. The van der Waals surface area contributed by atoms with E-state index in [1.807, 2.05) is 6.07 Å². The first-order valence-corrected chi connectivity index (χ1v) is 7.64. The monoisotopic (exact) mass is 307 g/mol. The van der Waals surface area contributed by atoms with E-state index < -0.39 is 0 Å². The van der Waals surface area contributed by atoms with Crippen LogP contribution in [0.5, 0.6) is 5.75 Å². The minimum atomic E-state index is -0.355. The van der Waals surface area contributed by atoms with Crippen LogP contribution in [0.4, 0.5) is 4.39 Å². The molecule has 2 aliphatic rings.